The molecule has 3 aromatic rings. The van der Waals surface area contributed by atoms with Crippen molar-refractivity contribution in [2.45, 2.75) is 62.0 Å². The predicted molar refractivity (Wildman–Crippen MR) is 119 cm³/mol. The highest BCUT2D eigenvalue weighted by Gasteiger charge is 2.31. The van der Waals surface area contributed by atoms with E-state index in [-0.39, 0.29) is 17.2 Å². The van der Waals surface area contributed by atoms with Crippen LogP contribution in [0.4, 0.5) is 0 Å². The number of carbonyl (C=O) groups excluding carboxylic acids is 1. The number of aromatic nitrogens is 3. The highest BCUT2D eigenvalue weighted by molar-refractivity contribution is 8.00. The quantitative estimate of drug-likeness (QED) is 0.491. The number of thioether (sulfide) groups is 1. The summed E-state index contributed by atoms with van der Waals surface area (Å²) in [5, 5.41) is 14.7. The van der Waals surface area contributed by atoms with Crippen LogP contribution in [0.25, 0.3) is 10.7 Å². The summed E-state index contributed by atoms with van der Waals surface area (Å²) in [4.78, 5) is 13.8. The first-order chi connectivity index (χ1) is 14.1. The van der Waals surface area contributed by atoms with Gasteiger partial charge >= 0.3 is 0 Å². The Balaban J connectivity index is 1.35. The molecule has 7 heteroatoms. The Morgan fingerprint density at radius 3 is 2.69 bits per heavy atom. The van der Waals surface area contributed by atoms with E-state index < -0.39 is 0 Å². The van der Waals surface area contributed by atoms with Crippen LogP contribution in [0.3, 0.4) is 0 Å². The Bertz CT molecular complexity index is 935. The fourth-order valence-corrected chi connectivity index (χ4v) is 4.90. The molecule has 0 saturated heterocycles. The van der Waals surface area contributed by atoms with Gasteiger partial charge in [-0.15, -0.1) is 21.5 Å². The first-order valence-corrected chi connectivity index (χ1v) is 11.9. The van der Waals surface area contributed by atoms with Crippen molar-refractivity contribution in [1.29, 1.82) is 0 Å². The lowest BCUT2D eigenvalue weighted by atomic mass is 10.1. The number of aryl methyl sites for hydroxylation is 1. The molecular weight excluding hydrogens is 400 g/mol. The number of nitrogens with zero attached hydrogens (tertiary/aromatic N) is 3. The number of thiophene rings is 1. The van der Waals surface area contributed by atoms with Crippen molar-refractivity contribution in [1.82, 2.24) is 20.1 Å². The highest BCUT2D eigenvalue weighted by Crippen LogP contribution is 2.42. The van der Waals surface area contributed by atoms with Crippen LogP contribution in [0.2, 0.25) is 0 Å². The molecule has 29 heavy (non-hydrogen) atoms. The maximum absolute atomic E-state index is 12.7. The maximum atomic E-state index is 12.7. The Morgan fingerprint density at radius 1 is 1.21 bits per heavy atom. The molecule has 1 aromatic carbocycles. The van der Waals surface area contributed by atoms with E-state index in [0.717, 1.165) is 41.5 Å². The van der Waals surface area contributed by atoms with Crippen LogP contribution < -0.4 is 5.32 Å². The van der Waals surface area contributed by atoms with E-state index in [2.05, 4.69) is 62.7 Å². The molecule has 1 saturated carbocycles. The summed E-state index contributed by atoms with van der Waals surface area (Å²) < 4.78 is 2.22. The lowest BCUT2D eigenvalue weighted by Crippen LogP contribution is -2.38. The molecule has 0 aliphatic heterocycles. The zero-order valence-electron chi connectivity index (χ0n) is 16.7. The molecule has 2 aromatic heterocycles. The van der Waals surface area contributed by atoms with Crippen molar-refractivity contribution in [2.24, 2.45) is 0 Å². The molecule has 0 spiro atoms. The highest BCUT2D eigenvalue weighted by atomic mass is 32.2. The van der Waals surface area contributed by atoms with E-state index >= 15 is 0 Å². The Morgan fingerprint density at radius 2 is 2.00 bits per heavy atom. The molecule has 0 radical (unpaired) electrons. The first-order valence-electron chi connectivity index (χ1n) is 10.1. The van der Waals surface area contributed by atoms with Gasteiger partial charge < -0.3 is 5.32 Å². The molecule has 1 aliphatic rings. The van der Waals surface area contributed by atoms with Gasteiger partial charge in [-0.05, 0) is 56.5 Å². The number of amides is 1. The van der Waals surface area contributed by atoms with Crippen LogP contribution in [-0.2, 0) is 11.2 Å². The molecule has 1 fully saturated rings. The van der Waals surface area contributed by atoms with Gasteiger partial charge in [-0.1, -0.05) is 48.2 Å². The third kappa shape index (κ3) is 5.08. The monoisotopic (exact) mass is 426 g/mol. The molecule has 2 atom stereocenters. The summed E-state index contributed by atoms with van der Waals surface area (Å²) >= 11 is 3.18. The molecule has 1 amide bonds. The summed E-state index contributed by atoms with van der Waals surface area (Å²) in [5.41, 5.74) is 1.30. The molecule has 0 bridgehead atoms. The number of nitrogens with one attached hydrogen (secondary N) is 1. The maximum Gasteiger partial charge on any atom is 0.233 e. The molecule has 152 valence electrons. The zero-order chi connectivity index (χ0) is 20.2. The van der Waals surface area contributed by atoms with E-state index in [0.29, 0.717) is 6.04 Å². The predicted octanol–water partition coefficient (Wildman–Crippen LogP) is 4.96. The van der Waals surface area contributed by atoms with Gasteiger partial charge in [0.2, 0.25) is 5.91 Å². The number of hydrogen-bond donors (Lipinski definition) is 1. The standard InChI is InChI=1S/C22H26N4OS2/c1-15(10-11-17-7-4-3-5-8-17)23-21(27)16(2)29-22-25-24-20(19-9-6-14-28-19)26(22)18-12-13-18/h3-9,14-16,18H,10-13H2,1-2H3,(H,23,27). The van der Waals surface area contributed by atoms with Gasteiger partial charge in [0.1, 0.15) is 0 Å². The Labute approximate surface area is 179 Å². The molecule has 5 nitrogen and oxygen atoms in total. The van der Waals surface area contributed by atoms with Crippen LogP contribution in [0.1, 0.15) is 44.7 Å². The third-order valence-corrected chi connectivity index (χ3v) is 6.99. The second kappa shape index (κ2) is 9.13. The van der Waals surface area contributed by atoms with Crippen LogP contribution >= 0.6 is 23.1 Å². The smallest absolute Gasteiger partial charge is 0.233 e. The van der Waals surface area contributed by atoms with Gasteiger partial charge in [-0.2, -0.15) is 0 Å². The number of rotatable bonds is 9. The van der Waals surface area contributed by atoms with Crippen LogP contribution in [0.5, 0.6) is 0 Å². The molecule has 1 aliphatic carbocycles. The van der Waals surface area contributed by atoms with Gasteiger partial charge in [0.05, 0.1) is 10.1 Å². The van der Waals surface area contributed by atoms with Gasteiger partial charge in [-0.25, -0.2) is 0 Å². The lowest BCUT2D eigenvalue weighted by molar-refractivity contribution is -0.120. The minimum atomic E-state index is -0.216. The molecule has 2 heterocycles. The van der Waals surface area contributed by atoms with E-state index in [9.17, 15) is 4.79 Å². The minimum absolute atomic E-state index is 0.0542. The average molecular weight is 427 g/mol. The van der Waals surface area contributed by atoms with Gasteiger partial charge in [0.15, 0.2) is 11.0 Å². The SMILES string of the molecule is CC(CCc1ccccc1)NC(=O)C(C)Sc1nnc(-c2cccs2)n1C1CC1. The Kier molecular flexibility index (Phi) is 6.35. The number of hydrogen-bond acceptors (Lipinski definition) is 5. The lowest BCUT2D eigenvalue weighted by Gasteiger charge is -2.17. The first kappa shape index (κ1) is 20.2. The molecule has 4 rings (SSSR count). The van der Waals surface area contributed by atoms with E-state index in [1.807, 2.05) is 19.1 Å². The number of benzene rings is 1. The largest absolute Gasteiger partial charge is 0.353 e. The summed E-state index contributed by atoms with van der Waals surface area (Å²) in [7, 11) is 0. The molecular formula is C22H26N4OS2. The second-order valence-electron chi connectivity index (χ2n) is 7.58. The topological polar surface area (TPSA) is 59.8 Å². The fourth-order valence-electron chi connectivity index (χ4n) is 3.26. The second-order valence-corrected chi connectivity index (χ2v) is 9.83. The van der Waals surface area contributed by atoms with E-state index in [4.69, 9.17) is 0 Å². The van der Waals surface area contributed by atoms with Crippen molar-refractivity contribution in [3.8, 4) is 10.7 Å². The van der Waals surface area contributed by atoms with Crippen LogP contribution in [-0.4, -0.2) is 32.0 Å². The third-order valence-electron chi connectivity index (χ3n) is 5.07. The summed E-state index contributed by atoms with van der Waals surface area (Å²) in [6.45, 7) is 4.01. The summed E-state index contributed by atoms with van der Waals surface area (Å²) in [6.07, 6.45) is 4.19. The van der Waals surface area contributed by atoms with Crippen LogP contribution in [0, 0.1) is 0 Å². The zero-order valence-corrected chi connectivity index (χ0v) is 18.4. The van der Waals surface area contributed by atoms with Crippen molar-refractivity contribution < 1.29 is 4.79 Å². The number of carbonyl (C=O) groups is 1. The normalized spacial score (nSPS) is 15.8. The summed E-state index contributed by atoms with van der Waals surface area (Å²) in [6, 6.07) is 15.1. The van der Waals surface area contributed by atoms with E-state index in [1.54, 1.807) is 11.3 Å². The van der Waals surface area contributed by atoms with Crippen molar-refractivity contribution in [3.05, 3.63) is 53.4 Å². The molecule has 2 unspecified atom stereocenters. The minimum Gasteiger partial charge on any atom is -0.353 e. The van der Waals surface area contributed by atoms with Gasteiger partial charge in [-0.3, -0.25) is 9.36 Å². The summed E-state index contributed by atoms with van der Waals surface area (Å²) in [5.74, 6) is 0.979. The van der Waals surface area contributed by atoms with Gasteiger partial charge in [0, 0.05) is 12.1 Å². The van der Waals surface area contributed by atoms with Crippen molar-refractivity contribution in [3.63, 3.8) is 0 Å². The fraction of sp³-hybridized carbons (Fsp3) is 0.409. The van der Waals surface area contributed by atoms with Crippen molar-refractivity contribution in [2.75, 3.05) is 0 Å². The molecule has 1 N–H and O–H groups in total. The van der Waals surface area contributed by atoms with E-state index in [1.165, 1.54) is 17.3 Å². The van der Waals surface area contributed by atoms with Gasteiger partial charge in [0.25, 0.3) is 0 Å². The van der Waals surface area contributed by atoms with Crippen LogP contribution in [0.15, 0.2) is 53.0 Å². The van der Waals surface area contributed by atoms with Crippen molar-refractivity contribution >= 4 is 29.0 Å². The Hall–Kier alpha value is -2.12. The average Bonchev–Trinajstić information content (AvgIpc) is 3.25.